The summed E-state index contributed by atoms with van der Waals surface area (Å²) in [4.78, 5) is 15.9. The van der Waals surface area contributed by atoms with Gasteiger partial charge in [0.05, 0.1) is 6.54 Å². The summed E-state index contributed by atoms with van der Waals surface area (Å²) in [5, 5.41) is 3.11. The molecule has 1 aliphatic rings. The largest absolute Gasteiger partial charge is 0.370 e. The lowest BCUT2D eigenvalue weighted by atomic mass is 10.3. The van der Waals surface area contributed by atoms with Crippen LogP contribution in [0.25, 0.3) is 0 Å². The molecule has 1 saturated heterocycles. The zero-order chi connectivity index (χ0) is 14.7. The Morgan fingerprint density at radius 2 is 2.14 bits per heavy atom. The van der Waals surface area contributed by atoms with Crippen LogP contribution in [0.4, 0.5) is 5.13 Å². The van der Waals surface area contributed by atoms with Gasteiger partial charge in [0.1, 0.15) is 0 Å². The first-order chi connectivity index (χ1) is 10.2. The summed E-state index contributed by atoms with van der Waals surface area (Å²) in [5.74, 6) is 0.653. The van der Waals surface area contributed by atoms with E-state index >= 15 is 0 Å². The number of guanidine groups is 1. The topological polar surface area (TPSA) is 57.8 Å². The fourth-order valence-electron chi connectivity index (χ4n) is 2.33. The highest BCUT2D eigenvalue weighted by atomic mass is 32.1. The van der Waals surface area contributed by atoms with Gasteiger partial charge in [-0.3, -0.25) is 0 Å². The summed E-state index contributed by atoms with van der Waals surface area (Å²) in [6, 6.07) is 4.25. The van der Waals surface area contributed by atoms with E-state index in [0.717, 1.165) is 31.3 Å². The molecule has 0 aromatic carbocycles. The second-order valence-corrected chi connectivity index (χ2v) is 7.22. The van der Waals surface area contributed by atoms with Crippen molar-refractivity contribution in [1.82, 2.24) is 9.88 Å². The summed E-state index contributed by atoms with van der Waals surface area (Å²) in [6.07, 6.45) is 1.85. The van der Waals surface area contributed by atoms with Gasteiger partial charge in [-0.15, -0.1) is 22.7 Å². The molecule has 5 nitrogen and oxygen atoms in total. The zero-order valence-corrected chi connectivity index (χ0v) is 13.7. The van der Waals surface area contributed by atoms with E-state index in [2.05, 4.69) is 38.8 Å². The Kier molecular flexibility index (Phi) is 4.40. The summed E-state index contributed by atoms with van der Waals surface area (Å²) < 4.78 is 0. The molecule has 3 heterocycles. The van der Waals surface area contributed by atoms with Crippen LogP contribution < -0.4 is 10.6 Å². The third-order valence-electron chi connectivity index (χ3n) is 3.49. The Hall–Kier alpha value is -1.60. The van der Waals surface area contributed by atoms with Crippen molar-refractivity contribution in [1.29, 1.82) is 0 Å². The van der Waals surface area contributed by atoms with Gasteiger partial charge in [-0.1, -0.05) is 0 Å². The SMILES string of the molecule is Cc1ccc(CN=C(N)N2CCN(c3nccs3)CC2)s1. The number of thiophene rings is 1. The highest BCUT2D eigenvalue weighted by Gasteiger charge is 2.19. The van der Waals surface area contributed by atoms with Crippen LogP contribution in [0.5, 0.6) is 0 Å². The van der Waals surface area contributed by atoms with Crippen molar-refractivity contribution in [3.8, 4) is 0 Å². The molecule has 1 fully saturated rings. The number of rotatable bonds is 3. The molecule has 0 amide bonds. The monoisotopic (exact) mass is 321 g/mol. The van der Waals surface area contributed by atoms with Crippen molar-refractivity contribution >= 4 is 33.8 Å². The van der Waals surface area contributed by atoms with Crippen molar-refractivity contribution < 1.29 is 0 Å². The van der Waals surface area contributed by atoms with E-state index in [4.69, 9.17) is 5.73 Å². The van der Waals surface area contributed by atoms with Gasteiger partial charge in [0.15, 0.2) is 11.1 Å². The van der Waals surface area contributed by atoms with Crippen LogP contribution in [0.3, 0.4) is 0 Å². The minimum absolute atomic E-state index is 0.653. The van der Waals surface area contributed by atoms with Crippen molar-refractivity contribution in [3.63, 3.8) is 0 Å². The average molecular weight is 321 g/mol. The highest BCUT2D eigenvalue weighted by Crippen LogP contribution is 2.19. The molecular formula is C14H19N5S2. The van der Waals surface area contributed by atoms with Crippen LogP contribution in [0.2, 0.25) is 0 Å². The Labute approximate surface area is 132 Å². The number of aliphatic imine (C=N–C) groups is 1. The first kappa shape index (κ1) is 14.3. The maximum Gasteiger partial charge on any atom is 0.191 e. The lowest BCUT2D eigenvalue weighted by Crippen LogP contribution is -2.51. The molecule has 0 unspecified atom stereocenters. The van der Waals surface area contributed by atoms with Crippen molar-refractivity contribution in [2.45, 2.75) is 13.5 Å². The summed E-state index contributed by atoms with van der Waals surface area (Å²) in [7, 11) is 0. The zero-order valence-electron chi connectivity index (χ0n) is 12.0. The molecule has 3 rings (SSSR count). The van der Waals surface area contributed by atoms with Crippen LogP contribution >= 0.6 is 22.7 Å². The lowest BCUT2D eigenvalue weighted by molar-refractivity contribution is 0.380. The Morgan fingerprint density at radius 1 is 1.33 bits per heavy atom. The van der Waals surface area contributed by atoms with Crippen LogP contribution in [-0.4, -0.2) is 42.0 Å². The second kappa shape index (κ2) is 6.44. The highest BCUT2D eigenvalue weighted by molar-refractivity contribution is 7.13. The predicted octanol–water partition coefficient (Wildman–Crippen LogP) is 2.15. The number of hydrogen-bond acceptors (Lipinski definition) is 5. The molecular weight excluding hydrogens is 302 g/mol. The van der Waals surface area contributed by atoms with Gasteiger partial charge in [-0.25, -0.2) is 9.98 Å². The quantitative estimate of drug-likeness (QED) is 0.695. The van der Waals surface area contributed by atoms with Gasteiger partial charge in [-0.2, -0.15) is 0 Å². The van der Waals surface area contributed by atoms with Gasteiger partial charge in [-0.05, 0) is 19.1 Å². The minimum atomic E-state index is 0.653. The van der Waals surface area contributed by atoms with E-state index in [1.54, 1.807) is 22.7 Å². The molecule has 2 aromatic heterocycles. The van der Waals surface area contributed by atoms with Gasteiger partial charge in [0.2, 0.25) is 0 Å². The predicted molar refractivity (Wildman–Crippen MR) is 90.3 cm³/mol. The molecule has 0 radical (unpaired) electrons. The van der Waals surface area contributed by atoms with E-state index in [1.165, 1.54) is 9.75 Å². The maximum absolute atomic E-state index is 6.12. The molecule has 7 heteroatoms. The van der Waals surface area contributed by atoms with Crippen LogP contribution in [0, 0.1) is 6.92 Å². The number of thiazole rings is 1. The molecule has 2 N–H and O–H groups in total. The third kappa shape index (κ3) is 3.54. The number of piperazine rings is 1. The first-order valence-corrected chi connectivity index (χ1v) is 8.66. The normalized spacial score (nSPS) is 16.5. The number of aryl methyl sites for hydroxylation is 1. The molecule has 0 spiro atoms. The van der Waals surface area contributed by atoms with Gasteiger partial charge < -0.3 is 15.5 Å². The smallest absolute Gasteiger partial charge is 0.191 e. The number of hydrogen-bond donors (Lipinski definition) is 1. The summed E-state index contributed by atoms with van der Waals surface area (Å²) in [5.41, 5.74) is 6.12. The van der Waals surface area contributed by atoms with Crippen molar-refractivity contribution in [2.24, 2.45) is 10.7 Å². The van der Waals surface area contributed by atoms with E-state index in [9.17, 15) is 0 Å². The number of nitrogens with two attached hydrogens (primary N) is 1. The lowest BCUT2D eigenvalue weighted by Gasteiger charge is -2.35. The summed E-state index contributed by atoms with van der Waals surface area (Å²) >= 11 is 3.46. The van der Waals surface area contributed by atoms with E-state index in [1.807, 2.05) is 11.6 Å². The molecule has 0 saturated carbocycles. The third-order valence-corrected chi connectivity index (χ3v) is 5.30. The molecule has 0 aliphatic carbocycles. The first-order valence-electron chi connectivity index (χ1n) is 6.97. The molecule has 112 valence electrons. The minimum Gasteiger partial charge on any atom is -0.370 e. The Bertz CT molecular complexity index is 597. The maximum atomic E-state index is 6.12. The Balaban J connectivity index is 1.53. The van der Waals surface area contributed by atoms with Crippen molar-refractivity contribution in [2.75, 3.05) is 31.1 Å². The fourth-order valence-corrected chi connectivity index (χ4v) is 3.84. The summed E-state index contributed by atoms with van der Waals surface area (Å²) in [6.45, 7) is 6.48. The van der Waals surface area contributed by atoms with E-state index < -0.39 is 0 Å². The molecule has 1 aliphatic heterocycles. The molecule has 2 aromatic rings. The second-order valence-electron chi connectivity index (χ2n) is 4.98. The van der Waals surface area contributed by atoms with Gasteiger partial charge in [0, 0.05) is 47.5 Å². The number of anilines is 1. The number of nitrogens with zero attached hydrogens (tertiary/aromatic N) is 4. The standard InChI is InChI=1S/C14H19N5S2/c1-11-2-3-12(21-11)10-17-13(15)18-5-7-19(8-6-18)14-16-4-9-20-14/h2-4,9H,5-8,10H2,1H3,(H2,15,17). The van der Waals surface area contributed by atoms with E-state index in [-0.39, 0.29) is 0 Å². The number of aromatic nitrogens is 1. The van der Waals surface area contributed by atoms with Crippen LogP contribution in [-0.2, 0) is 6.54 Å². The van der Waals surface area contributed by atoms with Gasteiger partial charge >= 0.3 is 0 Å². The molecule has 0 atom stereocenters. The average Bonchev–Trinajstić information content (AvgIpc) is 3.16. The van der Waals surface area contributed by atoms with Crippen LogP contribution in [0.15, 0.2) is 28.7 Å². The molecule has 0 bridgehead atoms. The van der Waals surface area contributed by atoms with Gasteiger partial charge in [0.25, 0.3) is 0 Å². The molecule has 21 heavy (non-hydrogen) atoms. The fraction of sp³-hybridized carbons (Fsp3) is 0.429. The Morgan fingerprint density at radius 3 is 2.76 bits per heavy atom. The van der Waals surface area contributed by atoms with Crippen molar-refractivity contribution in [3.05, 3.63) is 33.5 Å². The van der Waals surface area contributed by atoms with E-state index in [0.29, 0.717) is 12.5 Å². The van der Waals surface area contributed by atoms with Crippen LogP contribution in [0.1, 0.15) is 9.75 Å².